The number of rotatable bonds is 2. The van der Waals surface area contributed by atoms with Crippen LogP contribution in [0.1, 0.15) is 17.0 Å². The number of thiophene rings is 1. The molecule has 0 spiro atoms. The van der Waals surface area contributed by atoms with Gasteiger partial charge in [0.2, 0.25) is 10.0 Å². The first-order chi connectivity index (χ1) is 11.5. The van der Waals surface area contributed by atoms with E-state index in [1.54, 1.807) is 0 Å². The maximum atomic E-state index is 12.4. The van der Waals surface area contributed by atoms with Gasteiger partial charge in [0, 0.05) is 30.6 Å². The lowest BCUT2D eigenvalue weighted by molar-refractivity contribution is 0.123. The number of anilines is 1. The van der Waals surface area contributed by atoms with E-state index in [0.717, 1.165) is 29.2 Å². The molecule has 1 N–H and O–H groups in total. The van der Waals surface area contributed by atoms with Crippen molar-refractivity contribution in [3.63, 3.8) is 0 Å². The van der Waals surface area contributed by atoms with Crippen LogP contribution in [0.15, 0.2) is 34.5 Å². The van der Waals surface area contributed by atoms with Gasteiger partial charge in [-0.25, -0.2) is 13.1 Å². The summed E-state index contributed by atoms with van der Waals surface area (Å²) in [5, 5.41) is 1.67. The minimum Gasteiger partial charge on any atom is -0.378 e. The van der Waals surface area contributed by atoms with Gasteiger partial charge in [0.05, 0.1) is 18.2 Å². The molecular weight excluding hydrogens is 368 g/mol. The van der Waals surface area contributed by atoms with E-state index in [-0.39, 0.29) is 5.92 Å². The summed E-state index contributed by atoms with van der Waals surface area (Å²) in [7, 11) is -3.42. The van der Waals surface area contributed by atoms with Crippen LogP contribution >= 0.6 is 22.9 Å². The molecule has 0 radical (unpaired) electrons. The first-order valence-electron chi connectivity index (χ1n) is 7.76. The Morgan fingerprint density at radius 1 is 1.21 bits per heavy atom. The number of ether oxygens (including phenoxy) is 1. The van der Waals surface area contributed by atoms with E-state index >= 15 is 0 Å². The van der Waals surface area contributed by atoms with Gasteiger partial charge in [-0.15, -0.1) is 11.3 Å². The summed E-state index contributed by atoms with van der Waals surface area (Å²) in [6.07, 6.45) is 0. The molecule has 3 heterocycles. The van der Waals surface area contributed by atoms with Crippen LogP contribution in [0.5, 0.6) is 0 Å². The fraction of sp³-hybridized carbons (Fsp3) is 0.375. The standard InChI is InChI=1S/C16H17ClN2O3S2/c17-12-3-1-11(2-4-12)14-10-18-24(20,21)16-13(14)9-15(23-16)19-5-7-22-8-6-19/h1-4,9,14,18H,5-8,10H2. The number of hydrogen-bond donors (Lipinski definition) is 1. The number of fused-ring (bicyclic) bond motifs is 1. The van der Waals surface area contributed by atoms with Crippen LogP contribution in [-0.4, -0.2) is 41.3 Å². The lowest BCUT2D eigenvalue weighted by Crippen LogP contribution is -2.35. The van der Waals surface area contributed by atoms with Crippen LogP contribution in [-0.2, 0) is 14.8 Å². The van der Waals surface area contributed by atoms with Crippen molar-refractivity contribution in [3.05, 3.63) is 46.5 Å². The van der Waals surface area contributed by atoms with Crippen LogP contribution < -0.4 is 9.62 Å². The second kappa shape index (κ2) is 6.31. The molecule has 24 heavy (non-hydrogen) atoms. The summed E-state index contributed by atoms with van der Waals surface area (Å²) < 4.78 is 33.4. The highest BCUT2D eigenvalue weighted by atomic mass is 35.5. The molecule has 0 amide bonds. The van der Waals surface area contributed by atoms with Gasteiger partial charge in [0.25, 0.3) is 0 Å². The highest BCUT2D eigenvalue weighted by Gasteiger charge is 2.34. The lowest BCUT2D eigenvalue weighted by Gasteiger charge is -2.27. The molecule has 1 saturated heterocycles. The summed E-state index contributed by atoms with van der Waals surface area (Å²) in [6, 6.07) is 9.64. The SMILES string of the molecule is O=S1(=O)NCC(c2ccc(Cl)cc2)c2cc(N3CCOCC3)sc21. The molecule has 1 unspecified atom stereocenters. The number of benzene rings is 1. The van der Waals surface area contributed by atoms with E-state index in [4.69, 9.17) is 16.3 Å². The van der Waals surface area contributed by atoms with Crippen molar-refractivity contribution in [2.75, 3.05) is 37.7 Å². The summed E-state index contributed by atoms with van der Waals surface area (Å²) in [6.45, 7) is 3.30. The quantitative estimate of drug-likeness (QED) is 0.864. The van der Waals surface area contributed by atoms with E-state index in [1.807, 2.05) is 30.3 Å². The largest absolute Gasteiger partial charge is 0.378 e. The molecular formula is C16H17ClN2O3S2. The van der Waals surface area contributed by atoms with Gasteiger partial charge in [0.1, 0.15) is 4.21 Å². The Morgan fingerprint density at radius 3 is 2.62 bits per heavy atom. The van der Waals surface area contributed by atoms with Gasteiger partial charge < -0.3 is 9.64 Å². The zero-order chi connectivity index (χ0) is 16.7. The maximum absolute atomic E-state index is 12.4. The van der Waals surface area contributed by atoms with Crippen LogP contribution in [0.25, 0.3) is 0 Å². The van der Waals surface area contributed by atoms with E-state index in [0.29, 0.717) is 29.0 Å². The Labute approximate surface area is 150 Å². The summed E-state index contributed by atoms with van der Waals surface area (Å²) in [5.74, 6) is 0.00633. The molecule has 1 aromatic carbocycles. The van der Waals surface area contributed by atoms with Crippen molar-refractivity contribution >= 4 is 38.0 Å². The first-order valence-corrected chi connectivity index (χ1v) is 10.4. The Kier molecular flexibility index (Phi) is 4.30. The average molecular weight is 385 g/mol. The van der Waals surface area contributed by atoms with E-state index < -0.39 is 10.0 Å². The van der Waals surface area contributed by atoms with Gasteiger partial charge in [-0.05, 0) is 29.3 Å². The van der Waals surface area contributed by atoms with Gasteiger partial charge >= 0.3 is 0 Å². The molecule has 1 atom stereocenters. The molecule has 1 fully saturated rings. The summed E-state index contributed by atoms with van der Waals surface area (Å²) in [5.41, 5.74) is 1.94. The molecule has 0 aliphatic carbocycles. The van der Waals surface area contributed by atoms with Gasteiger partial charge in [-0.2, -0.15) is 0 Å². The molecule has 2 aromatic rings. The highest BCUT2D eigenvalue weighted by molar-refractivity contribution is 7.91. The summed E-state index contributed by atoms with van der Waals surface area (Å²) >= 11 is 7.32. The van der Waals surface area contributed by atoms with Crippen molar-refractivity contribution < 1.29 is 13.2 Å². The van der Waals surface area contributed by atoms with Crippen LogP contribution in [0.2, 0.25) is 5.02 Å². The third kappa shape index (κ3) is 2.95. The number of nitrogens with zero attached hydrogens (tertiary/aromatic N) is 1. The molecule has 0 bridgehead atoms. The van der Waals surface area contributed by atoms with Crippen molar-refractivity contribution in [1.29, 1.82) is 0 Å². The fourth-order valence-electron chi connectivity index (χ4n) is 3.13. The minimum atomic E-state index is -3.42. The zero-order valence-electron chi connectivity index (χ0n) is 12.9. The Morgan fingerprint density at radius 2 is 1.92 bits per heavy atom. The predicted octanol–water partition coefficient (Wildman–Crippen LogP) is 2.66. The topological polar surface area (TPSA) is 58.6 Å². The number of nitrogens with one attached hydrogen (secondary N) is 1. The van der Waals surface area contributed by atoms with Crippen molar-refractivity contribution in [2.45, 2.75) is 10.1 Å². The smallest absolute Gasteiger partial charge is 0.250 e. The number of morpholine rings is 1. The van der Waals surface area contributed by atoms with Gasteiger partial charge in [-0.3, -0.25) is 0 Å². The van der Waals surface area contributed by atoms with Gasteiger partial charge in [-0.1, -0.05) is 23.7 Å². The number of hydrogen-bond acceptors (Lipinski definition) is 5. The number of sulfonamides is 1. The molecule has 5 nitrogen and oxygen atoms in total. The molecule has 0 saturated carbocycles. The van der Waals surface area contributed by atoms with Crippen molar-refractivity contribution in [3.8, 4) is 0 Å². The Hall–Kier alpha value is -1.12. The van der Waals surface area contributed by atoms with Crippen molar-refractivity contribution in [1.82, 2.24) is 4.72 Å². The molecule has 2 aliphatic heterocycles. The molecule has 8 heteroatoms. The normalized spacial score (nSPS) is 23.0. The zero-order valence-corrected chi connectivity index (χ0v) is 15.3. The van der Waals surface area contributed by atoms with Crippen molar-refractivity contribution in [2.24, 2.45) is 0 Å². The monoisotopic (exact) mass is 384 g/mol. The Balaban J connectivity index is 1.76. The Bertz CT molecular complexity index is 843. The lowest BCUT2D eigenvalue weighted by atomic mass is 9.93. The van der Waals surface area contributed by atoms with Crippen LogP contribution in [0, 0.1) is 0 Å². The van der Waals surface area contributed by atoms with Gasteiger partial charge in [0.15, 0.2) is 0 Å². The predicted molar refractivity (Wildman–Crippen MR) is 95.8 cm³/mol. The average Bonchev–Trinajstić information content (AvgIpc) is 3.04. The van der Waals surface area contributed by atoms with Crippen LogP contribution in [0.4, 0.5) is 5.00 Å². The van der Waals surface area contributed by atoms with E-state index in [1.165, 1.54) is 11.3 Å². The third-order valence-electron chi connectivity index (χ3n) is 4.40. The first kappa shape index (κ1) is 16.4. The second-order valence-electron chi connectivity index (χ2n) is 5.88. The maximum Gasteiger partial charge on any atom is 0.250 e. The molecule has 128 valence electrons. The van der Waals surface area contributed by atoms with E-state index in [9.17, 15) is 8.42 Å². The molecule has 4 rings (SSSR count). The fourth-order valence-corrected chi connectivity index (χ4v) is 6.16. The number of halogens is 1. The molecule has 2 aliphatic rings. The second-order valence-corrected chi connectivity index (χ2v) is 9.31. The highest BCUT2D eigenvalue weighted by Crippen LogP contribution is 2.42. The molecule has 1 aromatic heterocycles. The van der Waals surface area contributed by atoms with E-state index in [2.05, 4.69) is 9.62 Å². The third-order valence-corrected chi connectivity index (χ3v) is 7.84. The van der Waals surface area contributed by atoms with Crippen LogP contribution in [0.3, 0.4) is 0 Å². The summed E-state index contributed by atoms with van der Waals surface area (Å²) in [4.78, 5) is 2.20. The minimum absolute atomic E-state index is 0.00633.